The average molecular weight is 562 g/mol. The third-order valence-electron chi connectivity index (χ3n) is 7.20. The molecular formula is C31H39N5O5. The highest BCUT2D eigenvalue weighted by atomic mass is 16.5. The molecule has 1 saturated heterocycles. The molecule has 0 unspecified atom stereocenters. The Bertz CT molecular complexity index is 1320. The Labute approximate surface area is 241 Å². The van der Waals surface area contributed by atoms with Crippen molar-refractivity contribution in [2.45, 2.75) is 20.3 Å². The summed E-state index contributed by atoms with van der Waals surface area (Å²) in [4.78, 5) is 32.2. The van der Waals surface area contributed by atoms with Crippen molar-refractivity contribution in [2.75, 3.05) is 65.5 Å². The van der Waals surface area contributed by atoms with Gasteiger partial charge in [0.2, 0.25) is 5.91 Å². The predicted molar refractivity (Wildman–Crippen MR) is 158 cm³/mol. The second-order valence-electron chi connectivity index (χ2n) is 10.4. The number of hydrogen-bond acceptors (Lipinski definition) is 8. The number of carbonyl (C=O) groups excluding carboxylic acids is 2. The third kappa shape index (κ3) is 7.45. The van der Waals surface area contributed by atoms with Crippen molar-refractivity contribution in [3.63, 3.8) is 0 Å². The molecule has 10 nitrogen and oxygen atoms in total. The molecule has 0 atom stereocenters. The van der Waals surface area contributed by atoms with Crippen LogP contribution in [-0.2, 0) is 4.79 Å². The number of amides is 2. The average Bonchev–Trinajstić information content (AvgIpc) is 3.02. The molecule has 2 amide bonds. The largest absolute Gasteiger partial charge is 0.497 e. The number of hydrogen-bond donors (Lipinski definition) is 0. The van der Waals surface area contributed by atoms with Crippen LogP contribution < -0.4 is 19.1 Å². The summed E-state index contributed by atoms with van der Waals surface area (Å²) in [5.41, 5.74) is 2.04. The highest BCUT2D eigenvalue weighted by Gasteiger charge is 2.26. The monoisotopic (exact) mass is 561 g/mol. The lowest BCUT2D eigenvalue weighted by molar-refractivity contribution is -0.132. The second-order valence-corrected chi connectivity index (χ2v) is 10.4. The normalized spacial score (nSPS) is 13.2. The van der Waals surface area contributed by atoms with E-state index in [1.807, 2.05) is 35.2 Å². The van der Waals surface area contributed by atoms with E-state index in [9.17, 15) is 9.59 Å². The molecule has 0 aliphatic carbocycles. The van der Waals surface area contributed by atoms with Gasteiger partial charge >= 0.3 is 0 Å². The van der Waals surface area contributed by atoms with E-state index in [0.29, 0.717) is 67.1 Å². The molecule has 1 fully saturated rings. The number of rotatable bonds is 11. The lowest BCUT2D eigenvalue weighted by Gasteiger charge is -2.36. The topological polar surface area (TPSA) is 97.3 Å². The SMILES string of the molecule is COc1cccc(C(=O)N(CCC(C)C)CC(=O)N2CCN(c3ccc(-c4ccc(OC)cc4OC)nn3)CC2)c1. The van der Waals surface area contributed by atoms with Gasteiger partial charge in [0.25, 0.3) is 5.91 Å². The maximum absolute atomic E-state index is 13.3. The molecule has 4 rings (SSSR count). The van der Waals surface area contributed by atoms with Crippen molar-refractivity contribution in [2.24, 2.45) is 5.92 Å². The number of aromatic nitrogens is 2. The Morgan fingerprint density at radius 3 is 2.24 bits per heavy atom. The maximum Gasteiger partial charge on any atom is 0.254 e. The van der Waals surface area contributed by atoms with Gasteiger partial charge in [-0.05, 0) is 54.8 Å². The zero-order valence-electron chi connectivity index (χ0n) is 24.5. The van der Waals surface area contributed by atoms with Crippen LogP contribution in [-0.4, -0.2) is 92.4 Å². The number of ether oxygens (including phenoxy) is 3. The maximum atomic E-state index is 13.3. The fourth-order valence-corrected chi connectivity index (χ4v) is 4.70. The van der Waals surface area contributed by atoms with Crippen LogP contribution in [0.25, 0.3) is 11.3 Å². The van der Waals surface area contributed by atoms with Gasteiger partial charge in [0.1, 0.15) is 23.8 Å². The molecule has 0 spiro atoms. The molecule has 0 radical (unpaired) electrons. The van der Waals surface area contributed by atoms with E-state index in [1.54, 1.807) is 50.5 Å². The van der Waals surface area contributed by atoms with Crippen molar-refractivity contribution in [3.8, 4) is 28.5 Å². The van der Waals surface area contributed by atoms with Crippen LogP contribution in [0, 0.1) is 5.92 Å². The molecule has 2 aromatic carbocycles. The van der Waals surface area contributed by atoms with E-state index in [1.165, 1.54) is 0 Å². The standard InChI is InChI=1S/C31H39N5O5/c1-22(2)13-14-36(31(38)23-7-6-8-24(19-23)39-3)21-30(37)35-17-15-34(16-18-35)29-12-11-27(32-33-29)26-10-9-25(40-4)20-28(26)41-5/h6-12,19-20,22H,13-18,21H2,1-5H3. The highest BCUT2D eigenvalue weighted by Crippen LogP contribution is 2.32. The van der Waals surface area contributed by atoms with E-state index in [4.69, 9.17) is 14.2 Å². The van der Waals surface area contributed by atoms with E-state index in [0.717, 1.165) is 17.8 Å². The summed E-state index contributed by atoms with van der Waals surface area (Å²) in [6.45, 7) is 7.11. The van der Waals surface area contributed by atoms with Crippen LogP contribution in [0.15, 0.2) is 54.6 Å². The lowest BCUT2D eigenvalue weighted by Crippen LogP contribution is -2.52. The number of carbonyl (C=O) groups is 2. The van der Waals surface area contributed by atoms with E-state index >= 15 is 0 Å². The Hall–Kier alpha value is -4.34. The molecule has 1 aromatic heterocycles. The molecule has 0 saturated carbocycles. The minimum Gasteiger partial charge on any atom is -0.497 e. The summed E-state index contributed by atoms with van der Waals surface area (Å²) in [5.74, 6) is 2.91. The first-order valence-electron chi connectivity index (χ1n) is 13.8. The zero-order valence-corrected chi connectivity index (χ0v) is 24.5. The summed E-state index contributed by atoms with van der Waals surface area (Å²) in [6, 6.07) is 16.5. The quantitative estimate of drug-likeness (QED) is 0.347. The Kier molecular flexibility index (Phi) is 10.00. The first kappa shape index (κ1) is 29.6. The molecule has 1 aliphatic rings. The smallest absolute Gasteiger partial charge is 0.254 e. The van der Waals surface area contributed by atoms with Gasteiger partial charge in [0, 0.05) is 49.9 Å². The molecule has 0 N–H and O–H groups in total. The number of benzene rings is 2. The molecule has 41 heavy (non-hydrogen) atoms. The van der Waals surface area contributed by atoms with Crippen LogP contribution in [0.4, 0.5) is 5.82 Å². The summed E-state index contributed by atoms with van der Waals surface area (Å²) >= 11 is 0. The number of anilines is 1. The van der Waals surface area contributed by atoms with E-state index < -0.39 is 0 Å². The number of methoxy groups -OCH3 is 3. The van der Waals surface area contributed by atoms with Crippen LogP contribution in [0.5, 0.6) is 17.2 Å². The zero-order chi connectivity index (χ0) is 29.4. The second kappa shape index (κ2) is 13.8. The number of nitrogens with zero attached hydrogens (tertiary/aromatic N) is 5. The van der Waals surface area contributed by atoms with Crippen molar-refractivity contribution in [3.05, 3.63) is 60.2 Å². The Morgan fingerprint density at radius 2 is 1.61 bits per heavy atom. The van der Waals surface area contributed by atoms with Crippen molar-refractivity contribution < 1.29 is 23.8 Å². The van der Waals surface area contributed by atoms with Gasteiger partial charge in [-0.2, -0.15) is 0 Å². The molecular weight excluding hydrogens is 522 g/mol. The van der Waals surface area contributed by atoms with Gasteiger partial charge in [-0.25, -0.2) is 0 Å². The van der Waals surface area contributed by atoms with E-state index in [2.05, 4.69) is 28.9 Å². The van der Waals surface area contributed by atoms with Gasteiger partial charge in [-0.15, -0.1) is 10.2 Å². The number of piperazine rings is 1. The van der Waals surface area contributed by atoms with Gasteiger partial charge in [-0.1, -0.05) is 19.9 Å². The predicted octanol–water partition coefficient (Wildman–Crippen LogP) is 4.01. The van der Waals surface area contributed by atoms with Gasteiger partial charge in [-0.3, -0.25) is 9.59 Å². The van der Waals surface area contributed by atoms with Crippen molar-refractivity contribution in [1.29, 1.82) is 0 Å². The first-order chi connectivity index (χ1) is 19.8. The van der Waals surface area contributed by atoms with Crippen molar-refractivity contribution in [1.82, 2.24) is 20.0 Å². The lowest BCUT2D eigenvalue weighted by atomic mass is 10.1. The first-order valence-corrected chi connectivity index (χ1v) is 13.8. The van der Waals surface area contributed by atoms with Gasteiger partial charge in [0.05, 0.1) is 27.0 Å². The molecule has 0 bridgehead atoms. The van der Waals surface area contributed by atoms with Crippen molar-refractivity contribution >= 4 is 17.6 Å². The summed E-state index contributed by atoms with van der Waals surface area (Å²) in [7, 11) is 4.79. The third-order valence-corrected chi connectivity index (χ3v) is 7.20. The van der Waals surface area contributed by atoms with Crippen LogP contribution in [0.1, 0.15) is 30.6 Å². The van der Waals surface area contributed by atoms with Crippen LogP contribution in [0.2, 0.25) is 0 Å². The molecule has 218 valence electrons. The molecule has 10 heteroatoms. The minimum absolute atomic E-state index is 0.0426. The fourth-order valence-electron chi connectivity index (χ4n) is 4.70. The molecule has 3 aromatic rings. The fraction of sp³-hybridized carbons (Fsp3) is 0.419. The summed E-state index contributed by atoms with van der Waals surface area (Å²) < 4.78 is 16.1. The van der Waals surface area contributed by atoms with E-state index in [-0.39, 0.29) is 18.4 Å². The summed E-state index contributed by atoms with van der Waals surface area (Å²) in [5, 5.41) is 8.88. The Balaban J connectivity index is 1.37. The van der Waals surface area contributed by atoms with Gasteiger partial charge < -0.3 is 28.9 Å². The minimum atomic E-state index is -0.166. The van der Waals surface area contributed by atoms with Crippen LogP contribution in [0.3, 0.4) is 0 Å². The summed E-state index contributed by atoms with van der Waals surface area (Å²) in [6.07, 6.45) is 0.813. The van der Waals surface area contributed by atoms with Gasteiger partial charge in [0.15, 0.2) is 5.82 Å². The van der Waals surface area contributed by atoms with Crippen LogP contribution >= 0.6 is 0 Å². The molecule has 2 heterocycles. The highest BCUT2D eigenvalue weighted by molar-refractivity contribution is 5.96. The molecule has 1 aliphatic heterocycles. The Morgan fingerprint density at radius 1 is 0.878 bits per heavy atom.